The van der Waals surface area contributed by atoms with Gasteiger partial charge in [0.1, 0.15) is 0 Å². The summed E-state index contributed by atoms with van der Waals surface area (Å²) in [4.78, 5) is 17.8. The van der Waals surface area contributed by atoms with E-state index in [1.807, 2.05) is 24.5 Å². The van der Waals surface area contributed by atoms with Gasteiger partial charge in [-0.3, -0.25) is 4.79 Å². The molecule has 0 aromatic carbocycles. The Morgan fingerprint density at radius 1 is 1.22 bits per heavy atom. The van der Waals surface area contributed by atoms with Crippen LogP contribution in [0.3, 0.4) is 0 Å². The number of hydrogen-bond acceptors (Lipinski definition) is 1. The largest absolute Gasteiger partial charge is 0.368 e. The number of H-pyrrole nitrogens is 2. The van der Waals surface area contributed by atoms with Crippen molar-refractivity contribution in [3.63, 3.8) is 0 Å². The minimum Gasteiger partial charge on any atom is -0.368 e. The smallest absolute Gasteiger partial charge is 0.164 e. The van der Waals surface area contributed by atoms with Crippen molar-refractivity contribution in [1.29, 1.82) is 0 Å². The van der Waals surface area contributed by atoms with Crippen LogP contribution in [-0.2, 0) is 12.8 Å². The van der Waals surface area contributed by atoms with Gasteiger partial charge >= 0.3 is 0 Å². The predicted molar refractivity (Wildman–Crippen MR) is 73.0 cm³/mol. The lowest BCUT2D eigenvalue weighted by molar-refractivity contribution is 0.0971. The van der Waals surface area contributed by atoms with Gasteiger partial charge in [0, 0.05) is 35.8 Å². The normalized spacial score (nSPS) is 13.8. The molecular weight excluding hydrogens is 224 g/mol. The zero-order chi connectivity index (χ0) is 13.0. The lowest BCUT2D eigenvalue weighted by atomic mass is 9.92. The van der Waals surface area contributed by atoms with Gasteiger partial charge in [-0.2, -0.15) is 0 Å². The third-order valence-electron chi connectivity index (χ3n) is 3.35. The second-order valence-corrected chi connectivity index (χ2v) is 4.60. The Morgan fingerprint density at radius 2 is 1.94 bits per heavy atom. The van der Waals surface area contributed by atoms with Crippen molar-refractivity contribution in [1.82, 2.24) is 9.97 Å². The first-order valence-electron chi connectivity index (χ1n) is 6.55. The molecule has 0 saturated carbocycles. The topological polar surface area (TPSA) is 48.6 Å². The van der Waals surface area contributed by atoms with E-state index >= 15 is 0 Å². The molecule has 96 valence electrons. The molecule has 2 aromatic heterocycles. The van der Waals surface area contributed by atoms with Crippen molar-refractivity contribution in [2.75, 3.05) is 0 Å². The number of fused-ring (bicyclic) bond motifs is 1. The van der Waals surface area contributed by atoms with Crippen molar-refractivity contribution >= 4 is 5.78 Å². The number of hydrogen-bond donors (Lipinski definition) is 2. The predicted octanol–water partition coefficient (Wildman–Crippen LogP) is 3.42. The van der Waals surface area contributed by atoms with Gasteiger partial charge in [0.05, 0.1) is 0 Å². The summed E-state index contributed by atoms with van der Waals surface area (Å²) in [6.07, 6.45) is 7.50. The van der Waals surface area contributed by atoms with Gasteiger partial charge in [-0.1, -0.05) is 6.92 Å². The Hall–Kier alpha value is -1.77. The summed E-state index contributed by atoms with van der Waals surface area (Å²) in [6.45, 7) is 4.17. The Labute approximate surface area is 108 Å². The molecule has 2 aromatic rings. The monoisotopic (exact) mass is 244 g/mol. The summed E-state index contributed by atoms with van der Waals surface area (Å²) in [6, 6.07) is 3.89. The van der Waals surface area contributed by atoms with E-state index < -0.39 is 0 Å². The SMILES string of the molecule is CCc1c(C)[nH]c2c1C(=O)CCC2.c1cc[nH]c1. The Morgan fingerprint density at radius 3 is 2.50 bits per heavy atom. The van der Waals surface area contributed by atoms with Crippen LogP contribution in [0.5, 0.6) is 0 Å². The van der Waals surface area contributed by atoms with Crippen LogP contribution >= 0.6 is 0 Å². The molecule has 0 aliphatic heterocycles. The lowest BCUT2D eigenvalue weighted by Crippen LogP contribution is -2.10. The summed E-state index contributed by atoms with van der Waals surface area (Å²) in [5.74, 6) is 0.336. The molecule has 2 N–H and O–H groups in total. The van der Waals surface area contributed by atoms with Gasteiger partial charge in [0.15, 0.2) is 5.78 Å². The summed E-state index contributed by atoms with van der Waals surface area (Å²) >= 11 is 0. The number of carbonyl (C=O) groups excluding carboxylic acids is 1. The molecule has 0 saturated heterocycles. The Balaban J connectivity index is 0.000000202. The maximum atomic E-state index is 11.7. The number of ketones is 1. The van der Waals surface area contributed by atoms with Gasteiger partial charge < -0.3 is 9.97 Å². The summed E-state index contributed by atoms with van der Waals surface area (Å²) in [5.41, 5.74) is 4.60. The highest BCUT2D eigenvalue weighted by Crippen LogP contribution is 2.26. The van der Waals surface area contributed by atoms with Crippen LogP contribution in [0.25, 0.3) is 0 Å². The fraction of sp³-hybridized carbons (Fsp3) is 0.400. The average molecular weight is 244 g/mol. The third-order valence-corrected chi connectivity index (χ3v) is 3.35. The van der Waals surface area contributed by atoms with E-state index in [1.165, 1.54) is 17.0 Å². The molecular formula is C15H20N2O. The molecule has 0 spiro atoms. The molecule has 1 aliphatic rings. The minimum atomic E-state index is 0.336. The molecule has 3 heteroatoms. The molecule has 0 fully saturated rings. The zero-order valence-electron chi connectivity index (χ0n) is 11.0. The molecule has 0 bridgehead atoms. The number of aryl methyl sites for hydroxylation is 2. The molecule has 18 heavy (non-hydrogen) atoms. The van der Waals surface area contributed by atoms with Crippen LogP contribution in [0.1, 0.15) is 47.1 Å². The summed E-state index contributed by atoms with van der Waals surface area (Å²) in [7, 11) is 0. The van der Waals surface area contributed by atoms with Crippen molar-refractivity contribution in [2.24, 2.45) is 0 Å². The van der Waals surface area contributed by atoms with E-state index in [4.69, 9.17) is 0 Å². The molecule has 3 nitrogen and oxygen atoms in total. The first kappa shape index (κ1) is 12.7. The number of carbonyl (C=O) groups is 1. The number of aromatic amines is 2. The highest BCUT2D eigenvalue weighted by Gasteiger charge is 2.23. The van der Waals surface area contributed by atoms with Crippen molar-refractivity contribution in [3.05, 3.63) is 47.0 Å². The van der Waals surface area contributed by atoms with E-state index in [-0.39, 0.29) is 0 Å². The highest BCUT2D eigenvalue weighted by atomic mass is 16.1. The first-order chi connectivity index (χ1) is 8.74. The molecule has 0 unspecified atom stereocenters. The molecule has 3 rings (SSSR count). The van der Waals surface area contributed by atoms with Crippen LogP contribution in [-0.4, -0.2) is 15.8 Å². The summed E-state index contributed by atoms with van der Waals surface area (Å²) < 4.78 is 0. The minimum absolute atomic E-state index is 0.336. The fourth-order valence-corrected chi connectivity index (χ4v) is 2.53. The standard InChI is InChI=1S/C11H15NO.C4H5N/c1-3-8-7(2)12-9-5-4-6-10(13)11(8)9;1-2-4-5-3-1/h12H,3-6H2,1-2H3;1-5H. The number of Topliss-reactive ketones (excluding diaryl/α,β-unsaturated/α-hetero) is 1. The van der Waals surface area contributed by atoms with Gasteiger partial charge in [-0.25, -0.2) is 0 Å². The Bertz CT molecular complexity index is 492. The quantitative estimate of drug-likeness (QED) is 0.793. The molecule has 0 amide bonds. The molecule has 0 radical (unpaired) electrons. The van der Waals surface area contributed by atoms with Crippen LogP contribution in [0.2, 0.25) is 0 Å². The van der Waals surface area contributed by atoms with Crippen LogP contribution < -0.4 is 0 Å². The van der Waals surface area contributed by atoms with Crippen molar-refractivity contribution in [2.45, 2.75) is 39.5 Å². The maximum absolute atomic E-state index is 11.7. The second kappa shape index (κ2) is 5.71. The Kier molecular flexibility index (Phi) is 4.03. The second-order valence-electron chi connectivity index (χ2n) is 4.60. The number of nitrogens with one attached hydrogen (secondary N) is 2. The van der Waals surface area contributed by atoms with Crippen molar-refractivity contribution < 1.29 is 4.79 Å². The highest BCUT2D eigenvalue weighted by molar-refractivity contribution is 5.99. The van der Waals surface area contributed by atoms with Crippen LogP contribution in [0.4, 0.5) is 0 Å². The summed E-state index contributed by atoms with van der Waals surface area (Å²) in [5, 5.41) is 0. The number of aromatic nitrogens is 2. The van der Waals surface area contributed by atoms with Gasteiger partial charge in [0.25, 0.3) is 0 Å². The third kappa shape index (κ3) is 2.55. The number of rotatable bonds is 1. The zero-order valence-corrected chi connectivity index (χ0v) is 11.0. The molecule has 0 atom stereocenters. The van der Waals surface area contributed by atoms with Gasteiger partial charge in [-0.05, 0) is 43.9 Å². The van der Waals surface area contributed by atoms with E-state index in [1.54, 1.807) is 0 Å². The lowest BCUT2D eigenvalue weighted by Gasteiger charge is -2.10. The maximum Gasteiger partial charge on any atom is 0.164 e. The molecule has 2 heterocycles. The van der Waals surface area contributed by atoms with E-state index in [9.17, 15) is 4.79 Å². The first-order valence-corrected chi connectivity index (χ1v) is 6.55. The van der Waals surface area contributed by atoms with Crippen LogP contribution in [0.15, 0.2) is 24.5 Å². The average Bonchev–Trinajstić information content (AvgIpc) is 2.99. The van der Waals surface area contributed by atoms with E-state index in [0.717, 1.165) is 31.2 Å². The van der Waals surface area contributed by atoms with Gasteiger partial charge in [0.2, 0.25) is 0 Å². The van der Waals surface area contributed by atoms with Crippen LogP contribution in [0, 0.1) is 6.92 Å². The van der Waals surface area contributed by atoms with Gasteiger partial charge in [-0.15, -0.1) is 0 Å². The van der Waals surface area contributed by atoms with E-state index in [0.29, 0.717) is 5.78 Å². The molecule has 1 aliphatic carbocycles. The fourth-order valence-electron chi connectivity index (χ4n) is 2.53. The van der Waals surface area contributed by atoms with E-state index in [2.05, 4.69) is 23.8 Å². The van der Waals surface area contributed by atoms with Crippen molar-refractivity contribution in [3.8, 4) is 0 Å².